The van der Waals surface area contributed by atoms with E-state index in [-0.39, 0.29) is 12.0 Å². The minimum absolute atomic E-state index is 0.270. The van der Waals surface area contributed by atoms with Crippen LogP contribution in [0.2, 0.25) is 0 Å². The molecule has 120 valence electrons. The van der Waals surface area contributed by atoms with E-state index in [2.05, 4.69) is 10.6 Å². The Morgan fingerprint density at radius 1 is 1.04 bits per heavy atom. The van der Waals surface area contributed by atoms with Gasteiger partial charge in [0.1, 0.15) is 0 Å². The van der Waals surface area contributed by atoms with E-state index < -0.39 is 0 Å². The van der Waals surface area contributed by atoms with Crippen molar-refractivity contribution in [2.75, 3.05) is 11.9 Å². The second kappa shape index (κ2) is 7.98. The van der Waals surface area contributed by atoms with Crippen LogP contribution < -0.4 is 10.6 Å². The lowest BCUT2D eigenvalue weighted by Crippen LogP contribution is -2.28. The number of ether oxygens (including phenoxy) is 1. The molecule has 0 bridgehead atoms. The predicted molar refractivity (Wildman–Crippen MR) is 89.4 cm³/mol. The van der Waals surface area contributed by atoms with E-state index in [0.717, 1.165) is 16.8 Å². The second-order valence-corrected chi connectivity index (χ2v) is 5.04. The fourth-order valence-corrected chi connectivity index (χ4v) is 2.04. The van der Waals surface area contributed by atoms with Gasteiger partial charge in [0.25, 0.3) is 0 Å². The topological polar surface area (TPSA) is 67.4 Å². The van der Waals surface area contributed by atoms with E-state index in [1.165, 1.54) is 0 Å². The SMILES string of the molecule is CCOC(=O)c1ccc(CNC(=O)Nc2ccccc2C)cc1. The first-order valence-electron chi connectivity index (χ1n) is 7.46. The number of amides is 2. The predicted octanol–water partition coefficient (Wildman–Crippen LogP) is 3.49. The summed E-state index contributed by atoms with van der Waals surface area (Å²) in [5.41, 5.74) is 3.18. The molecule has 0 radical (unpaired) electrons. The van der Waals surface area contributed by atoms with E-state index in [9.17, 15) is 9.59 Å². The molecule has 0 heterocycles. The van der Waals surface area contributed by atoms with E-state index in [4.69, 9.17) is 4.74 Å². The molecule has 2 amide bonds. The maximum Gasteiger partial charge on any atom is 0.338 e. The zero-order valence-electron chi connectivity index (χ0n) is 13.3. The lowest BCUT2D eigenvalue weighted by molar-refractivity contribution is 0.0526. The molecule has 2 aromatic rings. The number of urea groups is 1. The van der Waals surface area contributed by atoms with E-state index in [1.54, 1.807) is 31.2 Å². The van der Waals surface area contributed by atoms with Gasteiger partial charge in [0.15, 0.2) is 0 Å². The van der Waals surface area contributed by atoms with Crippen molar-refractivity contribution in [3.05, 3.63) is 65.2 Å². The Labute approximate surface area is 135 Å². The summed E-state index contributed by atoms with van der Waals surface area (Å²) in [7, 11) is 0. The number of carbonyl (C=O) groups is 2. The average molecular weight is 312 g/mol. The molecular weight excluding hydrogens is 292 g/mol. The van der Waals surface area contributed by atoms with Gasteiger partial charge >= 0.3 is 12.0 Å². The van der Waals surface area contributed by atoms with Gasteiger partial charge in [-0.15, -0.1) is 0 Å². The lowest BCUT2D eigenvalue weighted by atomic mass is 10.1. The van der Waals surface area contributed by atoms with Crippen LogP contribution >= 0.6 is 0 Å². The maximum atomic E-state index is 11.9. The van der Waals surface area contributed by atoms with Gasteiger partial charge < -0.3 is 15.4 Å². The molecular formula is C18H20N2O3. The molecule has 0 atom stereocenters. The summed E-state index contributed by atoms with van der Waals surface area (Å²) in [6.45, 7) is 4.43. The number of para-hydroxylation sites is 1. The van der Waals surface area contributed by atoms with E-state index in [1.807, 2.05) is 31.2 Å². The van der Waals surface area contributed by atoms with Crippen molar-refractivity contribution in [1.82, 2.24) is 5.32 Å². The van der Waals surface area contributed by atoms with Gasteiger partial charge in [-0.25, -0.2) is 9.59 Å². The number of nitrogens with one attached hydrogen (secondary N) is 2. The van der Waals surface area contributed by atoms with E-state index >= 15 is 0 Å². The molecule has 0 aliphatic carbocycles. The monoisotopic (exact) mass is 312 g/mol. The first-order valence-corrected chi connectivity index (χ1v) is 7.46. The van der Waals surface area contributed by atoms with Crippen molar-refractivity contribution in [1.29, 1.82) is 0 Å². The highest BCUT2D eigenvalue weighted by Crippen LogP contribution is 2.12. The summed E-state index contributed by atoms with van der Waals surface area (Å²) < 4.78 is 4.92. The Morgan fingerprint density at radius 2 is 1.74 bits per heavy atom. The molecule has 23 heavy (non-hydrogen) atoms. The zero-order valence-corrected chi connectivity index (χ0v) is 13.3. The van der Waals surface area contributed by atoms with Gasteiger partial charge in [0.05, 0.1) is 12.2 Å². The largest absolute Gasteiger partial charge is 0.462 e. The van der Waals surface area contributed by atoms with Crippen LogP contribution in [0.15, 0.2) is 48.5 Å². The van der Waals surface area contributed by atoms with Crippen molar-refractivity contribution in [2.45, 2.75) is 20.4 Å². The van der Waals surface area contributed by atoms with Gasteiger partial charge in [-0.3, -0.25) is 0 Å². The first kappa shape index (κ1) is 16.5. The number of anilines is 1. The minimum Gasteiger partial charge on any atom is -0.462 e. The van der Waals surface area contributed by atoms with Crippen molar-refractivity contribution in [2.24, 2.45) is 0 Å². The van der Waals surface area contributed by atoms with Crippen LogP contribution in [0, 0.1) is 6.92 Å². The number of carbonyl (C=O) groups excluding carboxylic acids is 2. The molecule has 0 fully saturated rings. The average Bonchev–Trinajstić information content (AvgIpc) is 2.56. The van der Waals surface area contributed by atoms with Crippen molar-refractivity contribution < 1.29 is 14.3 Å². The van der Waals surface area contributed by atoms with Crippen LogP contribution in [-0.2, 0) is 11.3 Å². The minimum atomic E-state index is -0.343. The van der Waals surface area contributed by atoms with Crippen LogP contribution in [0.3, 0.4) is 0 Å². The van der Waals surface area contributed by atoms with Gasteiger partial charge in [0.2, 0.25) is 0 Å². The molecule has 5 heteroatoms. The van der Waals surface area contributed by atoms with Crippen LogP contribution in [0.5, 0.6) is 0 Å². The standard InChI is InChI=1S/C18H20N2O3/c1-3-23-17(21)15-10-8-14(9-11-15)12-19-18(22)20-16-7-5-4-6-13(16)2/h4-11H,3,12H2,1-2H3,(H2,19,20,22). The van der Waals surface area contributed by atoms with Gasteiger partial charge in [0, 0.05) is 12.2 Å². The van der Waals surface area contributed by atoms with Crippen molar-refractivity contribution in [3.63, 3.8) is 0 Å². The van der Waals surface area contributed by atoms with Crippen LogP contribution in [-0.4, -0.2) is 18.6 Å². The van der Waals surface area contributed by atoms with Crippen molar-refractivity contribution in [3.8, 4) is 0 Å². The first-order chi connectivity index (χ1) is 11.1. The summed E-state index contributed by atoms with van der Waals surface area (Å²) in [5.74, 6) is -0.343. The third-order valence-corrected chi connectivity index (χ3v) is 3.31. The third-order valence-electron chi connectivity index (χ3n) is 3.31. The molecule has 0 aliphatic rings. The van der Waals surface area contributed by atoms with E-state index in [0.29, 0.717) is 18.7 Å². The summed E-state index contributed by atoms with van der Waals surface area (Å²) in [6.07, 6.45) is 0. The molecule has 2 aromatic carbocycles. The third kappa shape index (κ3) is 4.85. The van der Waals surface area contributed by atoms with Crippen molar-refractivity contribution >= 4 is 17.7 Å². The molecule has 2 N–H and O–H groups in total. The summed E-state index contributed by atoms with van der Waals surface area (Å²) in [5, 5.41) is 5.58. The summed E-state index contributed by atoms with van der Waals surface area (Å²) >= 11 is 0. The number of aryl methyl sites for hydroxylation is 1. The highest BCUT2D eigenvalue weighted by Gasteiger charge is 2.07. The Kier molecular flexibility index (Phi) is 5.74. The number of benzene rings is 2. The fraction of sp³-hybridized carbons (Fsp3) is 0.222. The maximum absolute atomic E-state index is 11.9. The molecule has 0 saturated heterocycles. The number of esters is 1. The molecule has 5 nitrogen and oxygen atoms in total. The normalized spacial score (nSPS) is 10.0. The molecule has 0 aromatic heterocycles. The number of hydrogen-bond acceptors (Lipinski definition) is 3. The highest BCUT2D eigenvalue weighted by molar-refractivity contribution is 5.90. The molecule has 0 unspecified atom stereocenters. The molecule has 0 saturated carbocycles. The van der Waals surface area contributed by atoms with Gasteiger partial charge in [-0.2, -0.15) is 0 Å². The van der Waals surface area contributed by atoms with Gasteiger partial charge in [-0.1, -0.05) is 30.3 Å². The Hall–Kier alpha value is -2.82. The number of rotatable bonds is 5. The Balaban J connectivity index is 1.87. The smallest absolute Gasteiger partial charge is 0.338 e. The fourth-order valence-electron chi connectivity index (χ4n) is 2.04. The Morgan fingerprint density at radius 3 is 2.39 bits per heavy atom. The molecule has 0 spiro atoms. The van der Waals surface area contributed by atoms with Gasteiger partial charge in [-0.05, 0) is 43.2 Å². The van der Waals surface area contributed by atoms with Crippen LogP contribution in [0.25, 0.3) is 0 Å². The summed E-state index contributed by atoms with van der Waals surface area (Å²) in [4.78, 5) is 23.5. The number of hydrogen-bond donors (Lipinski definition) is 2. The molecule has 0 aliphatic heterocycles. The van der Waals surface area contributed by atoms with Crippen LogP contribution in [0.1, 0.15) is 28.4 Å². The second-order valence-electron chi connectivity index (χ2n) is 5.04. The Bertz CT molecular complexity index is 681. The molecule has 2 rings (SSSR count). The summed E-state index contributed by atoms with van der Waals surface area (Å²) in [6, 6.07) is 14.3. The lowest BCUT2D eigenvalue weighted by Gasteiger charge is -2.10. The highest BCUT2D eigenvalue weighted by atomic mass is 16.5. The zero-order chi connectivity index (χ0) is 16.7. The quantitative estimate of drug-likeness (QED) is 0.830. The van der Waals surface area contributed by atoms with Crippen LogP contribution in [0.4, 0.5) is 10.5 Å².